The average Bonchev–Trinajstić information content (AvgIpc) is 2.86. The maximum Gasteiger partial charge on any atom is 0.339 e. The highest BCUT2D eigenvalue weighted by molar-refractivity contribution is 5.88. The summed E-state index contributed by atoms with van der Waals surface area (Å²) < 4.78 is 6.62. The van der Waals surface area contributed by atoms with Crippen LogP contribution < -0.4 is 5.73 Å². The Kier molecular flexibility index (Phi) is 3.74. The van der Waals surface area contributed by atoms with Crippen molar-refractivity contribution >= 4 is 5.97 Å². The Bertz CT molecular complexity index is 531. The lowest BCUT2D eigenvalue weighted by atomic mass is 10.2. The van der Waals surface area contributed by atoms with E-state index in [9.17, 15) is 4.79 Å². The molecule has 0 aliphatic carbocycles. The Morgan fingerprint density at radius 2 is 2.28 bits per heavy atom. The van der Waals surface area contributed by atoms with Gasteiger partial charge in [-0.25, -0.2) is 4.79 Å². The first-order valence-corrected chi connectivity index (χ1v) is 5.61. The van der Waals surface area contributed by atoms with Crippen molar-refractivity contribution in [3.05, 3.63) is 53.6 Å². The van der Waals surface area contributed by atoms with Crippen molar-refractivity contribution in [1.29, 1.82) is 0 Å². The second-order valence-electron chi connectivity index (χ2n) is 3.93. The van der Waals surface area contributed by atoms with E-state index in [1.807, 2.05) is 29.1 Å². The third-order valence-corrected chi connectivity index (χ3v) is 2.64. The van der Waals surface area contributed by atoms with Gasteiger partial charge in [-0.05, 0) is 23.8 Å². The smallest absolute Gasteiger partial charge is 0.339 e. The molecule has 18 heavy (non-hydrogen) atoms. The quantitative estimate of drug-likeness (QED) is 0.821. The molecule has 0 atom stereocenters. The largest absolute Gasteiger partial charge is 0.465 e. The zero-order valence-electron chi connectivity index (χ0n) is 10.2. The van der Waals surface area contributed by atoms with E-state index in [0.29, 0.717) is 18.7 Å². The zero-order valence-corrected chi connectivity index (χ0v) is 10.2. The molecule has 2 rings (SSSR count). The molecule has 0 saturated heterocycles. The summed E-state index contributed by atoms with van der Waals surface area (Å²) in [4.78, 5) is 15.5. The number of ether oxygens (including phenoxy) is 1. The molecule has 0 fully saturated rings. The first-order chi connectivity index (χ1) is 8.72. The molecule has 5 nitrogen and oxygen atoms in total. The van der Waals surface area contributed by atoms with Crippen molar-refractivity contribution in [2.24, 2.45) is 5.73 Å². The number of aromatic nitrogens is 2. The first-order valence-electron chi connectivity index (χ1n) is 5.61. The third kappa shape index (κ3) is 2.75. The number of rotatable bonds is 4. The van der Waals surface area contributed by atoms with Gasteiger partial charge in [0, 0.05) is 25.1 Å². The molecule has 2 aromatic rings. The van der Waals surface area contributed by atoms with Gasteiger partial charge in [0.05, 0.1) is 24.9 Å². The summed E-state index contributed by atoms with van der Waals surface area (Å²) in [7, 11) is 1.35. The van der Waals surface area contributed by atoms with Crippen molar-refractivity contribution in [2.75, 3.05) is 7.11 Å². The Hall–Kier alpha value is -2.14. The van der Waals surface area contributed by atoms with E-state index >= 15 is 0 Å². The van der Waals surface area contributed by atoms with E-state index in [4.69, 9.17) is 5.73 Å². The maximum atomic E-state index is 11.2. The minimum atomic E-state index is -0.375. The fourth-order valence-corrected chi connectivity index (χ4v) is 1.65. The number of carbonyl (C=O) groups excluding carboxylic acids is 1. The van der Waals surface area contributed by atoms with Crippen LogP contribution in [0.5, 0.6) is 0 Å². The van der Waals surface area contributed by atoms with Gasteiger partial charge in [0.1, 0.15) is 0 Å². The number of methoxy groups -OCH3 is 1. The molecule has 0 aromatic carbocycles. The molecule has 0 aliphatic heterocycles. The van der Waals surface area contributed by atoms with Gasteiger partial charge < -0.3 is 15.0 Å². The van der Waals surface area contributed by atoms with Crippen LogP contribution in [0.4, 0.5) is 0 Å². The van der Waals surface area contributed by atoms with Crippen LogP contribution in [0.3, 0.4) is 0 Å². The van der Waals surface area contributed by atoms with Crippen LogP contribution in [0.15, 0.2) is 36.8 Å². The number of pyridine rings is 1. The normalized spacial score (nSPS) is 10.3. The van der Waals surface area contributed by atoms with E-state index in [-0.39, 0.29) is 5.97 Å². The van der Waals surface area contributed by atoms with Crippen LogP contribution in [0.25, 0.3) is 0 Å². The number of hydrogen-bond acceptors (Lipinski definition) is 4. The van der Waals surface area contributed by atoms with Crippen molar-refractivity contribution < 1.29 is 9.53 Å². The van der Waals surface area contributed by atoms with Gasteiger partial charge in [-0.3, -0.25) is 4.98 Å². The zero-order chi connectivity index (χ0) is 13.0. The van der Waals surface area contributed by atoms with E-state index in [1.54, 1.807) is 6.07 Å². The van der Waals surface area contributed by atoms with Crippen LogP contribution in [-0.4, -0.2) is 22.6 Å². The molecule has 0 radical (unpaired) electrons. The van der Waals surface area contributed by atoms with Crippen LogP contribution in [-0.2, 0) is 17.8 Å². The predicted octanol–water partition coefficient (Wildman–Crippen LogP) is 1.18. The lowest BCUT2D eigenvalue weighted by Crippen LogP contribution is -2.04. The van der Waals surface area contributed by atoms with Crippen molar-refractivity contribution in [3.63, 3.8) is 0 Å². The Morgan fingerprint density at radius 3 is 2.83 bits per heavy atom. The highest BCUT2D eigenvalue weighted by atomic mass is 16.5. The lowest BCUT2D eigenvalue weighted by Gasteiger charge is -2.03. The Morgan fingerprint density at radius 1 is 1.44 bits per heavy atom. The molecule has 0 amide bonds. The summed E-state index contributed by atoms with van der Waals surface area (Å²) in [5.74, 6) is -0.375. The summed E-state index contributed by atoms with van der Waals surface area (Å²) in [5.41, 5.74) is 7.96. The fourth-order valence-electron chi connectivity index (χ4n) is 1.65. The minimum Gasteiger partial charge on any atom is -0.465 e. The summed E-state index contributed by atoms with van der Waals surface area (Å²) in [5, 5.41) is 0. The lowest BCUT2D eigenvalue weighted by molar-refractivity contribution is 0.0600. The fraction of sp³-hybridized carbons (Fsp3) is 0.231. The molecule has 2 heterocycles. The van der Waals surface area contributed by atoms with Gasteiger partial charge in [-0.1, -0.05) is 0 Å². The SMILES string of the molecule is COC(=O)c1ccc(Cn2ccc(CN)c2)nc1. The van der Waals surface area contributed by atoms with Gasteiger partial charge in [-0.2, -0.15) is 0 Å². The average molecular weight is 245 g/mol. The standard InChI is InChI=1S/C13H15N3O2/c1-18-13(17)11-2-3-12(15-7-11)9-16-5-4-10(6-14)8-16/h2-5,7-8H,6,9,14H2,1H3. The van der Waals surface area contributed by atoms with Crippen LogP contribution in [0.2, 0.25) is 0 Å². The molecule has 0 aliphatic rings. The Balaban J connectivity index is 2.08. The van der Waals surface area contributed by atoms with Gasteiger partial charge in [-0.15, -0.1) is 0 Å². The van der Waals surface area contributed by atoms with Crippen molar-refractivity contribution in [2.45, 2.75) is 13.1 Å². The number of carbonyl (C=O) groups is 1. The number of hydrogen-bond donors (Lipinski definition) is 1. The third-order valence-electron chi connectivity index (χ3n) is 2.64. The predicted molar refractivity (Wildman–Crippen MR) is 67.0 cm³/mol. The van der Waals surface area contributed by atoms with Crippen LogP contribution in [0, 0.1) is 0 Å². The van der Waals surface area contributed by atoms with Crippen LogP contribution >= 0.6 is 0 Å². The molecule has 0 spiro atoms. The molecule has 2 N–H and O–H groups in total. The molecule has 94 valence electrons. The van der Waals surface area contributed by atoms with E-state index < -0.39 is 0 Å². The highest BCUT2D eigenvalue weighted by Crippen LogP contribution is 2.06. The van der Waals surface area contributed by atoms with Gasteiger partial charge in [0.15, 0.2) is 0 Å². The second kappa shape index (κ2) is 5.46. The van der Waals surface area contributed by atoms with Crippen molar-refractivity contribution in [1.82, 2.24) is 9.55 Å². The maximum absolute atomic E-state index is 11.2. The van der Waals surface area contributed by atoms with Gasteiger partial charge in [0.25, 0.3) is 0 Å². The summed E-state index contributed by atoms with van der Waals surface area (Å²) in [6.07, 6.45) is 5.46. The molecule has 2 aromatic heterocycles. The molecule has 5 heteroatoms. The monoisotopic (exact) mass is 245 g/mol. The number of nitrogens with two attached hydrogens (primary N) is 1. The molecule has 0 saturated carbocycles. The summed E-state index contributed by atoms with van der Waals surface area (Å²) >= 11 is 0. The molecular weight excluding hydrogens is 230 g/mol. The number of esters is 1. The summed E-state index contributed by atoms with van der Waals surface area (Å²) in [6, 6.07) is 5.50. The van der Waals surface area contributed by atoms with E-state index in [2.05, 4.69) is 9.72 Å². The van der Waals surface area contributed by atoms with Crippen LogP contribution in [0.1, 0.15) is 21.6 Å². The Labute approximate surface area is 105 Å². The first kappa shape index (κ1) is 12.3. The highest BCUT2D eigenvalue weighted by Gasteiger charge is 2.05. The second-order valence-corrected chi connectivity index (χ2v) is 3.93. The number of nitrogens with zero attached hydrogens (tertiary/aromatic N) is 2. The van der Waals surface area contributed by atoms with E-state index in [1.165, 1.54) is 13.3 Å². The summed E-state index contributed by atoms with van der Waals surface area (Å²) in [6.45, 7) is 1.18. The molecule has 0 bridgehead atoms. The van der Waals surface area contributed by atoms with Crippen molar-refractivity contribution in [3.8, 4) is 0 Å². The topological polar surface area (TPSA) is 70.1 Å². The minimum absolute atomic E-state index is 0.375. The van der Waals surface area contributed by atoms with Gasteiger partial charge >= 0.3 is 5.97 Å². The van der Waals surface area contributed by atoms with Gasteiger partial charge in [0.2, 0.25) is 0 Å². The molecular formula is C13H15N3O2. The molecule has 0 unspecified atom stereocenters. The van der Waals surface area contributed by atoms with E-state index in [0.717, 1.165) is 11.3 Å².